The lowest BCUT2D eigenvalue weighted by atomic mass is 10.1. The molecule has 0 unspecified atom stereocenters. The molecule has 8 heteroatoms. The monoisotopic (exact) mass is 475 g/mol. The van der Waals surface area contributed by atoms with Crippen molar-refractivity contribution in [2.45, 2.75) is 19.8 Å². The Morgan fingerprint density at radius 1 is 0.867 bits per heavy atom. The normalized spacial score (nSPS) is 10.2. The number of anilines is 1. The quantitative estimate of drug-likeness (QED) is 0.385. The maximum atomic E-state index is 12.5. The number of carbonyl (C=O) groups excluding carboxylic acids is 4. The topological polar surface area (TPSA) is 90.0 Å². The third kappa shape index (κ3) is 7.44. The number of hydrogen-bond donors (Lipinski definition) is 0. The summed E-state index contributed by atoms with van der Waals surface area (Å²) in [6.45, 7) is 1.02. The second-order valence-electron chi connectivity index (χ2n) is 6.21. The van der Waals surface area contributed by atoms with Crippen molar-refractivity contribution >= 4 is 45.2 Å². The summed E-state index contributed by atoms with van der Waals surface area (Å²) in [6.07, 6.45) is -0.175. The standard InChI is InChI=1S/C22H22BrNO6/c1-2-29-22(28)14-24(18-6-4-3-5-7-18)20(26)15-30-21(27)13-12-19(25)16-8-10-17(23)11-9-16/h3-11H,2,12-15H2,1H3. The van der Waals surface area contributed by atoms with E-state index in [1.807, 2.05) is 0 Å². The Balaban J connectivity index is 1.88. The van der Waals surface area contributed by atoms with Gasteiger partial charge in [0, 0.05) is 22.1 Å². The van der Waals surface area contributed by atoms with Crippen LogP contribution in [0.1, 0.15) is 30.1 Å². The van der Waals surface area contributed by atoms with E-state index in [0.29, 0.717) is 11.3 Å². The Hall–Kier alpha value is -3.00. The van der Waals surface area contributed by atoms with Crippen molar-refractivity contribution in [3.8, 4) is 0 Å². The number of benzene rings is 2. The van der Waals surface area contributed by atoms with E-state index >= 15 is 0 Å². The molecule has 0 saturated heterocycles. The van der Waals surface area contributed by atoms with Crippen molar-refractivity contribution in [1.82, 2.24) is 0 Å². The van der Waals surface area contributed by atoms with Gasteiger partial charge in [-0.1, -0.05) is 46.3 Å². The Morgan fingerprint density at radius 2 is 1.53 bits per heavy atom. The summed E-state index contributed by atoms with van der Waals surface area (Å²) in [5.74, 6) is -2.00. The predicted molar refractivity (Wildman–Crippen MR) is 114 cm³/mol. The van der Waals surface area contributed by atoms with Crippen LogP contribution in [0, 0.1) is 0 Å². The van der Waals surface area contributed by atoms with Gasteiger partial charge in [-0.05, 0) is 31.2 Å². The van der Waals surface area contributed by atoms with Crippen LogP contribution in [0.4, 0.5) is 5.69 Å². The molecule has 158 valence electrons. The lowest BCUT2D eigenvalue weighted by Gasteiger charge is -2.21. The molecule has 2 aromatic rings. The maximum Gasteiger partial charge on any atom is 0.326 e. The van der Waals surface area contributed by atoms with E-state index in [4.69, 9.17) is 9.47 Å². The van der Waals surface area contributed by atoms with Gasteiger partial charge in [0.2, 0.25) is 0 Å². The Kier molecular flexibility index (Phi) is 9.21. The van der Waals surface area contributed by atoms with Crippen molar-refractivity contribution in [3.05, 3.63) is 64.6 Å². The zero-order valence-corrected chi connectivity index (χ0v) is 18.1. The maximum absolute atomic E-state index is 12.5. The fourth-order valence-corrected chi connectivity index (χ4v) is 2.82. The first-order valence-corrected chi connectivity index (χ1v) is 10.2. The Labute approximate surface area is 183 Å². The van der Waals surface area contributed by atoms with Gasteiger partial charge in [-0.15, -0.1) is 0 Å². The number of nitrogens with zero attached hydrogens (tertiary/aromatic N) is 1. The molecule has 2 aromatic carbocycles. The summed E-state index contributed by atoms with van der Waals surface area (Å²) in [5, 5.41) is 0. The summed E-state index contributed by atoms with van der Waals surface area (Å²) >= 11 is 3.29. The number of Topliss-reactive ketones (excluding diaryl/α,β-unsaturated/α-hetero) is 1. The van der Waals surface area contributed by atoms with Crippen molar-refractivity contribution in [2.24, 2.45) is 0 Å². The van der Waals surface area contributed by atoms with Gasteiger partial charge in [-0.3, -0.25) is 24.1 Å². The molecule has 7 nitrogen and oxygen atoms in total. The molecule has 1 amide bonds. The summed E-state index contributed by atoms with van der Waals surface area (Å²) in [6, 6.07) is 15.4. The molecular formula is C22H22BrNO6. The summed E-state index contributed by atoms with van der Waals surface area (Å²) in [5.41, 5.74) is 0.976. The molecule has 0 saturated carbocycles. The molecule has 0 aliphatic carbocycles. The number of rotatable bonds is 10. The average Bonchev–Trinajstić information content (AvgIpc) is 2.75. The van der Waals surface area contributed by atoms with E-state index in [0.717, 1.165) is 4.47 Å². The molecule has 0 aliphatic rings. The average molecular weight is 476 g/mol. The zero-order valence-electron chi connectivity index (χ0n) is 16.5. The summed E-state index contributed by atoms with van der Waals surface area (Å²) < 4.78 is 10.8. The zero-order chi connectivity index (χ0) is 21.9. The lowest BCUT2D eigenvalue weighted by molar-refractivity contribution is -0.148. The van der Waals surface area contributed by atoms with Crippen LogP contribution >= 0.6 is 15.9 Å². The van der Waals surface area contributed by atoms with E-state index in [2.05, 4.69) is 15.9 Å². The Bertz CT molecular complexity index is 882. The number of para-hydroxylation sites is 1. The third-order valence-electron chi connectivity index (χ3n) is 4.04. The highest BCUT2D eigenvalue weighted by atomic mass is 79.9. The van der Waals surface area contributed by atoms with Crippen LogP contribution in [0.3, 0.4) is 0 Å². The molecule has 0 bridgehead atoms. The van der Waals surface area contributed by atoms with Gasteiger partial charge >= 0.3 is 11.9 Å². The molecule has 0 spiro atoms. The molecule has 0 fully saturated rings. The van der Waals surface area contributed by atoms with Crippen LogP contribution in [0.2, 0.25) is 0 Å². The number of hydrogen-bond acceptors (Lipinski definition) is 6. The van der Waals surface area contributed by atoms with Gasteiger partial charge in [0.1, 0.15) is 6.54 Å². The minimum atomic E-state index is -0.669. The fraction of sp³-hybridized carbons (Fsp3) is 0.273. The van der Waals surface area contributed by atoms with Crippen LogP contribution in [0.25, 0.3) is 0 Å². The van der Waals surface area contributed by atoms with Crippen LogP contribution in [0.15, 0.2) is 59.1 Å². The van der Waals surface area contributed by atoms with Crippen LogP contribution in [-0.4, -0.2) is 43.4 Å². The van der Waals surface area contributed by atoms with E-state index < -0.39 is 24.5 Å². The molecule has 0 radical (unpaired) electrons. The van der Waals surface area contributed by atoms with E-state index in [9.17, 15) is 19.2 Å². The van der Waals surface area contributed by atoms with Gasteiger partial charge < -0.3 is 9.47 Å². The predicted octanol–water partition coefficient (Wildman–Crippen LogP) is 3.55. The minimum absolute atomic E-state index is 0.0279. The molecular weight excluding hydrogens is 454 g/mol. The Morgan fingerprint density at radius 3 is 2.17 bits per heavy atom. The molecule has 0 heterocycles. The number of esters is 2. The SMILES string of the molecule is CCOC(=O)CN(C(=O)COC(=O)CCC(=O)c1ccc(Br)cc1)c1ccccc1. The highest BCUT2D eigenvalue weighted by Crippen LogP contribution is 2.15. The molecule has 0 atom stereocenters. The van der Waals surface area contributed by atoms with Crippen molar-refractivity contribution in [1.29, 1.82) is 0 Å². The van der Waals surface area contributed by atoms with Gasteiger partial charge in [-0.25, -0.2) is 0 Å². The fourth-order valence-electron chi connectivity index (χ4n) is 2.56. The van der Waals surface area contributed by atoms with E-state index in [-0.39, 0.29) is 31.8 Å². The molecule has 0 N–H and O–H groups in total. The molecule has 0 aliphatic heterocycles. The molecule has 0 aromatic heterocycles. The van der Waals surface area contributed by atoms with E-state index in [1.165, 1.54) is 4.90 Å². The number of carbonyl (C=O) groups is 4. The van der Waals surface area contributed by atoms with Crippen LogP contribution in [-0.2, 0) is 23.9 Å². The second-order valence-corrected chi connectivity index (χ2v) is 7.13. The third-order valence-corrected chi connectivity index (χ3v) is 4.57. The summed E-state index contributed by atoms with van der Waals surface area (Å²) in [4.78, 5) is 49.7. The number of amides is 1. The first kappa shape index (κ1) is 23.3. The van der Waals surface area contributed by atoms with Gasteiger partial charge in [0.25, 0.3) is 5.91 Å². The van der Waals surface area contributed by atoms with Crippen molar-refractivity contribution in [3.63, 3.8) is 0 Å². The van der Waals surface area contributed by atoms with Gasteiger partial charge in [0.05, 0.1) is 13.0 Å². The van der Waals surface area contributed by atoms with Gasteiger partial charge in [-0.2, -0.15) is 0 Å². The molecule has 30 heavy (non-hydrogen) atoms. The van der Waals surface area contributed by atoms with E-state index in [1.54, 1.807) is 61.5 Å². The highest BCUT2D eigenvalue weighted by molar-refractivity contribution is 9.10. The first-order valence-electron chi connectivity index (χ1n) is 9.36. The number of halogens is 1. The lowest BCUT2D eigenvalue weighted by Crippen LogP contribution is -2.39. The van der Waals surface area contributed by atoms with Crippen LogP contribution < -0.4 is 4.90 Å². The molecule has 2 rings (SSSR count). The summed E-state index contributed by atoms with van der Waals surface area (Å²) in [7, 11) is 0. The number of ether oxygens (including phenoxy) is 2. The van der Waals surface area contributed by atoms with Crippen LogP contribution in [0.5, 0.6) is 0 Å². The van der Waals surface area contributed by atoms with Crippen molar-refractivity contribution in [2.75, 3.05) is 24.7 Å². The minimum Gasteiger partial charge on any atom is -0.465 e. The second kappa shape index (κ2) is 11.9. The van der Waals surface area contributed by atoms with Crippen molar-refractivity contribution < 1.29 is 28.7 Å². The number of ketones is 1. The van der Waals surface area contributed by atoms with Gasteiger partial charge in [0.15, 0.2) is 12.4 Å². The first-order chi connectivity index (χ1) is 14.4. The highest BCUT2D eigenvalue weighted by Gasteiger charge is 2.21. The smallest absolute Gasteiger partial charge is 0.326 e. The largest absolute Gasteiger partial charge is 0.465 e.